The number of hydrogen-bond acceptors (Lipinski definition) is 3. The Labute approximate surface area is 206 Å². The van der Waals surface area contributed by atoms with E-state index in [1.165, 1.54) is 22.3 Å². The molecule has 2 aromatic heterocycles. The summed E-state index contributed by atoms with van der Waals surface area (Å²) in [7, 11) is 0. The van der Waals surface area contributed by atoms with E-state index in [9.17, 15) is 0 Å². The van der Waals surface area contributed by atoms with Crippen molar-refractivity contribution in [3.05, 3.63) is 131 Å². The van der Waals surface area contributed by atoms with Gasteiger partial charge in [0.25, 0.3) is 0 Å². The van der Waals surface area contributed by atoms with Crippen molar-refractivity contribution in [2.45, 2.75) is 33.2 Å². The first-order chi connectivity index (χ1) is 17.1. The number of oxazole rings is 1. The van der Waals surface area contributed by atoms with Crippen LogP contribution in [-0.2, 0) is 19.4 Å². The second-order valence-electron chi connectivity index (χ2n) is 8.93. The van der Waals surface area contributed by atoms with E-state index >= 15 is 0 Å². The predicted octanol–water partition coefficient (Wildman–Crippen LogP) is 7.02. The normalized spacial score (nSPS) is 11.0. The van der Waals surface area contributed by atoms with E-state index in [1.54, 1.807) is 0 Å². The zero-order valence-electron chi connectivity index (χ0n) is 20.3. The lowest BCUT2D eigenvalue weighted by molar-refractivity contribution is 0.319. The van der Waals surface area contributed by atoms with Crippen LogP contribution in [0, 0.1) is 13.8 Å². The second kappa shape index (κ2) is 10.5. The molecule has 0 unspecified atom stereocenters. The van der Waals surface area contributed by atoms with Gasteiger partial charge in [-0.3, -0.25) is 0 Å². The highest BCUT2D eigenvalue weighted by Crippen LogP contribution is 2.23. The molecule has 4 nitrogen and oxygen atoms in total. The molecule has 0 aliphatic heterocycles. The van der Waals surface area contributed by atoms with Crippen molar-refractivity contribution in [2.75, 3.05) is 6.61 Å². The van der Waals surface area contributed by atoms with Gasteiger partial charge in [0, 0.05) is 30.9 Å². The maximum Gasteiger partial charge on any atom is 0.226 e. The van der Waals surface area contributed by atoms with E-state index in [0.717, 1.165) is 35.7 Å². The zero-order chi connectivity index (χ0) is 24.0. The highest BCUT2D eigenvalue weighted by molar-refractivity contribution is 5.53. The van der Waals surface area contributed by atoms with Crippen LogP contribution in [0.4, 0.5) is 0 Å². The number of ether oxygens (including phenoxy) is 1. The molecule has 5 aromatic rings. The molecule has 5 rings (SSSR count). The van der Waals surface area contributed by atoms with Gasteiger partial charge in [-0.05, 0) is 66.8 Å². The van der Waals surface area contributed by atoms with Crippen LogP contribution < -0.4 is 4.74 Å². The van der Waals surface area contributed by atoms with E-state index in [1.807, 2.05) is 43.3 Å². The van der Waals surface area contributed by atoms with E-state index in [0.29, 0.717) is 18.9 Å². The summed E-state index contributed by atoms with van der Waals surface area (Å²) in [5.41, 5.74) is 7.13. The van der Waals surface area contributed by atoms with Crippen LogP contribution in [0.2, 0.25) is 0 Å². The fraction of sp³-hybridized carbons (Fsp3) is 0.194. The summed E-state index contributed by atoms with van der Waals surface area (Å²) in [5.74, 6) is 2.39. The number of hydrogen-bond donors (Lipinski definition) is 0. The molecule has 3 aromatic carbocycles. The highest BCUT2D eigenvalue weighted by Gasteiger charge is 2.11. The Morgan fingerprint density at radius 1 is 0.829 bits per heavy atom. The van der Waals surface area contributed by atoms with Crippen molar-refractivity contribution in [3.8, 4) is 17.2 Å². The number of benzene rings is 3. The van der Waals surface area contributed by atoms with Gasteiger partial charge in [-0.1, -0.05) is 60.7 Å². The molecule has 0 N–H and O–H groups in total. The van der Waals surface area contributed by atoms with Gasteiger partial charge in [0.2, 0.25) is 5.89 Å². The monoisotopic (exact) mass is 462 g/mol. The fourth-order valence-electron chi connectivity index (χ4n) is 4.34. The lowest BCUT2D eigenvalue weighted by Gasteiger charge is -2.08. The topological polar surface area (TPSA) is 40.2 Å². The Balaban J connectivity index is 1.19. The van der Waals surface area contributed by atoms with E-state index in [4.69, 9.17) is 9.15 Å². The highest BCUT2D eigenvalue weighted by atomic mass is 16.5. The first-order valence-electron chi connectivity index (χ1n) is 12.1. The number of aryl methyl sites for hydroxylation is 2. The number of aromatic nitrogens is 2. The van der Waals surface area contributed by atoms with Crippen molar-refractivity contribution in [2.24, 2.45) is 0 Å². The molecule has 0 aliphatic carbocycles. The van der Waals surface area contributed by atoms with Crippen LogP contribution in [0.3, 0.4) is 0 Å². The van der Waals surface area contributed by atoms with Crippen molar-refractivity contribution >= 4 is 0 Å². The summed E-state index contributed by atoms with van der Waals surface area (Å²) >= 11 is 0. The van der Waals surface area contributed by atoms with Crippen LogP contribution in [0.1, 0.15) is 33.7 Å². The Bertz CT molecular complexity index is 1380. The summed E-state index contributed by atoms with van der Waals surface area (Å²) < 4.78 is 14.2. The minimum Gasteiger partial charge on any atom is -0.493 e. The summed E-state index contributed by atoms with van der Waals surface area (Å²) in [5, 5.41) is 0. The van der Waals surface area contributed by atoms with Gasteiger partial charge < -0.3 is 13.7 Å². The first kappa shape index (κ1) is 22.7. The molecule has 0 saturated carbocycles. The maximum atomic E-state index is 6.09. The van der Waals surface area contributed by atoms with Gasteiger partial charge in [0.05, 0.1) is 12.3 Å². The Kier molecular flexibility index (Phi) is 6.80. The first-order valence-corrected chi connectivity index (χ1v) is 12.1. The number of nitrogens with zero attached hydrogens (tertiary/aromatic N) is 2. The van der Waals surface area contributed by atoms with Gasteiger partial charge >= 0.3 is 0 Å². The molecule has 0 fully saturated rings. The average Bonchev–Trinajstić information content (AvgIpc) is 3.42. The Morgan fingerprint density at radius 2 is 1.57 bits per heavy atom. The Morgan fingerprint density at radius 3 is 2.37 bits per heavy atom. The zero-order valence-corrected chi connectivity index (χ0v) is 20.3. The quantitative estimate of drug-likeness (QED) is 0.236. The molecule has 4 heteroatoms. The molecule has 0 atom stereocenters. The molecule has 0 spiro atoms. The third-order valence-electron chi connectivity index (χ3n) is 6.21. The molecular weight excluding hydrogens is 432 g/mol. The fourth-order valence-corrected chi connectivity index (χ4v) is 4.34. The van der Waals surface area contributed by atoms with Gasteiger partial charge in [0.1, 0.15) is 11.5 Å². The molecule has 35 heavy (non-hydrogen) atoms. The van der Waals surface area contributed by atoms with Crippen molar-refractivity contribution < 1.29 is 9.15 Å². The van der Waals surface area contributed by atoms with Crippen LogP contribution >= 0.6 is 0 Å². The molecule has 0 bridgehead atoms. The van der Waals surface area contributed by atoms with Gasteiger partial charge in [-0.2, -0.15) is 0 Å². The predicted molar refractivity (Wildman–Crippen MR) is 140 cm³/mol. The maximum absolute atomic E-state index is 6.09. The van der Waals surface area contributed by atoms with Crippen molar-refractivity contribution in [1.82, 2.24) is 9.55 Å². The third-order valence-corrected chi connectivity index (χ3v) is 6.21. The minimum atomic E-state index is 0.553. The molecule has 0 aliphatic rings. The molecular formula is C31H30N2O2. The summed E-state index contributed by atoms with van der Waals surface area (Å²) in [6.45, 7) is 5.58. The molecule has 176 valence electrons. The average molecular weight is 463 g/mol. The summed E-state index contributed by atoms with van der Waals surface area (Å²) in [4.78, 5) is 4.68. The lowest BCUT2D eigenvalue weighted by atomic mass is 10.0. The van der Waals surface area contributed by atoms with Gasteiger partial charge in [-0.15, -0.1) is 0 Å². The standard InChI is InChI=1S/C31H30N2O2/c1-23-20-33(21-25-10-5-3-6-11-25)22-28(23)18-26-12-9-15-29(19-26)34-17-16-30-24(2)35-31(32-30)27-13-7-4-8-14-27/h3-15,19-20,22H,16-18,21H2,1-2H3. The van der Waals surface area contributed by atoms with E-state index in [2.05, 4.69) is 77.4 Å². The van der Waals surface area contributed by atoms with Crippen LogP contribution in [0.15, 0.2) is 102 Å². The SMILES string of the molecule is Cc1cn(Cc2ccccc2)cc1Cc1cccc(OCCc2nc(-c3ccccc3)oc2C)c1. The molecule has 0 radical (unpaired) electrons. The molecule has 0 saturated heterocycles. The molecule has 0 amide bonds. The van der Waals surface area contributed by atoms with Crippen LogP contribution in [0.5, 0.6) is 5.75 Å². The lowest BCUT2D eigenvalue weighted by Crippen LogP contribution is -2.03. The van der Waals surface area contributed by atoms with Crippen LogP contribution in [0.25, 0.3) is 11.5 Å². The van der Waals surface area contributed by atoms with Crippen molar-refractivity contribution in [3.63, 3.8) is 0 Å². The number of rotatable bonds is 9. The van der Waals surface area contributed by atoms with Crippen LogP contribution in [-0.4, -0.2) is 16.2 Å². The van der Waals surface area contributed by atoms with E-state index < -0.39 is 0 Å². The third kappa shape index (κ3) is 5.72. The second-order valence-corrected chi connectivity index (χ2v) is 8.93. The largest absolute Gasteiger partial charge is 0.493 e. The van der Waals surface area contributed by atoms with Gasteiger partial charge in [0.15, 0.2) is 0 Å². The summed E-state index contributed by atoms with van der Waals surface area (Å²) in [6.07, 6.45) is 6.07. The smallest absolute Gasteiger partial charge is 0.226 e. The molecule has 2 heterocycles. The van der Waals surface area contributed by atoms with E-state index in [-0.39, 0.29) is 0 Å². The summed E-state index contributed by atoms with van der Waals surface area (Å²) in [6, 6.07) is 28.9. The minimum absolute atomic E-state index is 0.553. The Hall–Kier alpha value is -4.05. The van der Waals surface area contributed by atoms with Crippen molar-refractivity contribution in [1.29, 1.82) is 0 Å². The van der Waals surface area contributed by atoms with Gasteiger partial charge in [-0.25, -0.2) is 4.98 Å².